The van der Waals surface area contributed by atoms with Gasteiger partial charge in [-0.2, -0.15) is 0 Å². The largest absolute Gasteiger partial charge is 0.341 e. The SMILES string of the molecule is CN(CC1CCC1)C(=O)c1cc[nH]c(=O)c1. The number of hydrogen-bond donors (Lipinski definition) is 1. The Bertz CT molecular complexity index is 435. The number of rotatable bonds is 3. The molecule has 1 heterocycles. The number of hydrogen-bond acceptors (Lipinski definition) is 2. The Morgan fingerprint density at radius 1 is 1.56 bits per heavy atom. The Hall–Kier alpha value is -1.58. The number of amides is 1. The van der Waals surface area contributed by atoms with Crippen LogP contribution in [0.25, 0.3) is 0 Å². The zero-order valence-electron chi connectivity index (χ0n) is 9.40. The van der Waals surface area contributed by atoms with Crippen LogP contribution in [0.2, 0.25) is 0 Å². The maximum Gasteiger partial charge on any atom is 0.253 e. The second-order valence-electron chi connectivity index (χ2n) is 4.42. The van der Waals surface area contributed by atoms with Gasteiger partial charge in [-0.1, -0.05) is 6.42 Å². The summed E-state index contributed by atoms with van der Waals surface area (Å²) in [5.41, 5.74) is 0.230. The van der Waals surface area contributed by atoms with Gasteiger partial charge in [0.2, 0.25) is 5.56 Å². The van der Waals surface area contributed by atoms with E-state index < -0.39 is 0 Å². The molecule has 1 aromatic rings. The molecule has 1 N–H and O–H groups in total. The van der Waals surface area contributed by atoms with Crippen LogP contribution in [0.4, 0.5) is 0 Å². The molecular weight excluding hydrogens is 204 g/mol. The van der Waals surface area contributed by atoms with Gasteiger partial charge < -0.3 is 9.88 Å². The summed E-state index contributed by atoms with van der Waals surface area (Å²) in [5.74, 6) is 0.578. The Balaban J connectivity index is 2.03. The summed E-state index contributed by atoms with van der Waals surface area (Å²) >= 11 is 0. The Kier molecular flexibility index (Phi) is 3.08. The lowest BCUT2D eigenvalue weighted by atomic mass is 9.85. The van der Waals surface area contributed by atoms with Crippen molar-refractivity contribution in [3.8, 4) is 0 Å². The molecule has 4 heteroatoms. The first-order valence-electron chi connectivity index (χ1n) is 5.61. The monoisotopic (exact) mass is 220 g/mol. The van der Waals surface area contributed by atoms with Crippen LogP contribution in [0.3, 0.4) is 0 Å². The molecule has 0 spiro atoms. The number of carbonyl (C=O) groups excluding carboxylic acids is 1. The molecule has 1 saturated carbocycles. The van der Waals surface area contributed by atoms with E-state index in [0.717, 1.165) is 6.54 Å². The Labute approximate surface area is 94.3 Å². The highest BCUT2D eigenvalue weighted by Crippen LogP contribution is 2.26. The van der Waals surface area contributed by atoms with Crippen molar-refractivity contribution < 1.29 is 4.79 Å². The van der Waals surface area contributed by atoms with Gasteiger partial charge in [-0.05, 0) is 24.8 Å². The van der Waals surface area contributed by atoms with Crippen LogP contribution >= 0.6 is 0 Å². The zero-order chi connectivity index (χ0) is 11.5. The van der Waals surface area contributed by atoms with E-state index in [2.05, 4.69) is 4.98 Å². The first-order valence-corrected chi connectivity index (χ1v) is 5.61. The van der Waals surface area contributed by atoms with Crippen molar-refractivity contribution in [2.24, 2.45) is 5.92 Å². The highest BCUT2D eigenvalue weighted by molar-refractivity contribution is 5.93. The Morgan fingerprint density at radius 3 is 2.88 bits per heavy atom. The van der Waals surface area contributed by atoms with Gasteiger partial charge >= 0.3 is 0 Å². The molecule has 4 nitrogen and oxygen atoms in total. The second kappa shape index (κ2) is 4.51. The molecule has 0 saturated heterocycles. The molecule has 2 rings (SSSR count). The van der Waals surface area contributed by atoms with Crippen LogP contribution in [0.5, 0.6) is 0 Å². The number of nitrogens with zero attached hydrogens (tertiary/aromatic N) is 1. The van der Waals surface area contributed by atoms with Crippen LogP contribution in [-0.2, 0) is 0 Å². The summed E-state index contributed by atoms with van der Waals surface area (Å²) < 4.78 is 0. The van der Waals surface area contributed by atoms with Crippen LogP contribution < -0.4 is 5.56 Å². The molecule has 0 aromatic carbocycles. The predicted octanol–water partition coefficient (Wildman–Crippen LogP) is 1.25. The van der Waals surface area contributed by atoms with Crippen molar-refractivity contribution in [3.63, 3.8) is 0 Å². The third-order valence-corrected chi connectivity index (χ3v) is 3.13. The Morgan fingerprint density at radius 2 is 2.31 bits per heavy atom. The summed E-state index contributed by atoms with van der Waals surface area (Å²) in [6.45, 7) is 0.797. The minimum atomic E-state index is -0.233. The van der Waals surface area contributed by atoms with E-state index >= 15 is 0 Å². The van der Waals surface area contributed by atoms with Gasteiger partial charge in [0.15, 0.2) is 0 Å². The fourth-order valence-corrected chi connectivity index (χ4v) is 1.94. The first kappa shape index (κ1) is 10.9. The third kappa shape index (κ3) is 2.32. The van der Waals surface area contributed by atoms with E-state index in [1.54, 1.807) is 18.0 Å². The number of aromatic amines is 1. The highest BCUT2D eigenvalue weighted by Gasteiger charge is 2.21. The normalized spacial score (nSPS) is 15.6. The van der Waals surface area contributed by atoms with Crippen LogP contribution in [0, 0.1) is 5.92 Å². The van der Waals surface area contributed by atoms with E-state index in [-0.39, 0.29) is 11.5 Å². The molecule has 1 aliphatic carbocycles. The number of carbonyl (C=O) groups is 1. The number of H-pyrrole nitrogens is 1. The molecule has 0 radical (unpaired) electrons. The summed E-state index contributed by atoms with van der Waals surface area (Å²) in [5, 5.41) is 0. The summed E-state index contributed by atoms with van der Waals surface area (Å²) in [4.78, 5) is 27.2. The van der Waals surface area contributed by atoms with Crippen molar-refractivity contribution in [1.29, 1.82) is 0 Å². The van der Waals surface area contributed by atoms with Gasteiger partial charge in [0.1, 0.15) is 0 Å². The lowest BCUT2D eigenvalue weighted by Crippen LogP contribution is -2.34. The van der Waals surface area contributed by atoms with E-state index in [1.165, 1.54) is 31.5 Å². The average molecular weight is 220 g/mol. The van der Waals surface area contributed by atoms with Crippen LogP contribution in [-0.4, -0.2) is 29.4 Å². The topological polar surface area (TPSA) is 53.2 Å². The average Bonchev–Trinajstić information content (AvgIpc) is 2.22. The van der Waals surface area contributed by atoms with Gasteiger partial charge in [-0.3, -0.25) is 9.59 Å². The molecule has 0 unspecified atom stereocenters. The van der Waals surface area contributed by atoms with Crippen molar-refractivity contribution in [3.05, 3.63) is 34.2 Å². The molecule has 0 bridgehead atoms. The third-order valence-electron chi connectivity index (χ3n) is 3.13. The van der Waals surface area contributed by atoms with Gasteiger partial charge in [0.25, 0.3) is 5.91 Å². The first-order chi connectivity index (χ1) is 7.66. The number of aromatic nitrogens is 1. The van der Waals surface area contributed by atoms with Crippen LogP contribution in [0.15, 0.2) is 23.1 Å². The fraction of sp³-hybridized carbons (Fsp3) is 0.500. The molecule has 1 fully saturated rings. The zero-order valence-corrected chi connectivity index (χ0v) is 9.40. The maximum atomic E-state index is 11.9. The highest BCUT2D eigenvalue weighted by atomic mass is 16.2. The minimum absolute atomic E-state index is 0.0713. The molecule has 1 aromatic heterocycles. The quantitative estimate of drug-likeness (QED) is 0.833. The summed E-state index contributed by atoms with van der Waals surface area (Å²) in [6.07, 6.45) is 5.21. The molecule has 16 heavy (non-hydrogen) atoms. The second-order valence-corrected chi connectivity index (χ2v) is 4.42. The van der Waals surface area contributed by atoms with Gasteiger partial charge in [-0.25, -0.2) is 0 Å². The molecule has 1 amide bonds. The van der Waals surface area contributed by atoms with Crippen molar-refractivity contribution in [2.45, 2.75) is 19.3 Å². The van der Waals surface area contributed by atoms with Gasteiger partial charge in [-0.15, -0.1) is 0 Å². The standard InChI is InChI=1S/C12H16N2O2/c1-14(8-9-3-2-4-9)12(16)10-5-6-13-11(15)7-10/h5-7,9H,2-4,8H2,1H3,(H,13,15). The smallest absolute Gasteiger partial charge is 0.253 e. The van der Waals surface area contributed by atoms with Crippen LogP contribution in [0.1, 0.15) is 29.6 Å². The van der Waals surface area contributed by atoms with Gasteiger partial charge in [0.05, 0.1) is 0 Å². The summed E-state index contributed by atoms with van der Waals surface area (Å²) in [6, 6.07) is 2.99. The lowest BCUT2D eigenvalue weighted by molar-refractivity contribution is 0.0745. The lowest BCUT2D eigenvalue weighted by Gasteiger charge is -2.30. The van der Waals surface area contributed by atoms with E-state index in [9.17, 15) is 9.59 Å². The molecule has 1 aliphatic rings. The number of nitrogens with one attached hydrogen (secondary N) is 1. The number of pyridine rings is 1. The molecule has 86 valence electrons. The molecule has 0 atom stereocenters. The fourth-order valence-electron chi connectivity index (χ4n) is 1.94. The van der Waals surface area contributed by atoms with Crippen molar-refractivity contribution >= 4 is 5.91 Å². The molecular formula is C12H16N2O2. The predicted molar refractivity (Wildman–Crippen MR) is 61.4 cm³/mol. The summed E-state index contributed by atoms with van der Waals surface area (Å²) in [7, 11) is 1.79. The van der Waals surface area contributed by atoms with E-state index in [1.807, 2.05) is 0 Å². The maximum absolute atomic E-state index is 11.9. The minimum Gasteiger partial charge on any atom is -0.341 e. The van der Waals surface area contributed by atoms with Crippen molar-refractivity contribution in [2.75, 3.05) is 13.6 Å². The molecule has 0 aliphatic heterocycles. The van der Waals surface area contributed by atoms with Crippen molar-refractivity contribution in [1.82, 2.24) is 9.88 Å². The van der Waals surface area contributed by atoms with Gasteiger partial charge in [0, 0.05) is 31.4 Å². The van der Waals surface area contributed by atoms with E-state index in [0.29, 0.717) is 11.5 Å². The van der Waals surface area contributed by atoms with E-state index in [4.69, 9.17) is 0 Å².